The highest BCUT2D eigenvalue weighted by Crippen LogP contribution is 2.26. The SMILES string of the molecule is Fc1ccc(-n2ncc3c2CCCN3)cc1Cl. The molecule has 1 N–H and O–H groups in total. The maximum Gasteiger partial charge on any atom is 0.141 e. The van der Waals surface area contributed by atoms with Crippen molar-refractivity contribution in [1.82, 2.24) is 9.78 Å². The predicted octanol–water partition coefficient (Wildman–Crippen LogP) is 3.02. The lowest BCUT2D eigenvalue weighted by Crippen LogP contribution is -2.13. The van der Waals surface area contributed by atoms with E-state index in [4.69, 9.17) is 11.6 Å². The minimum Gasteiger partial charge on any atom is -0.382 e. The van der Waals surface area contributed by atoms with Gasteiger partial charge in [0.2, 0.25) is 0 Å². The fraction of sp³-hybridized carbons (Fsp3) is 0.250. The number of halogens is 2. The summed E-state index contributed by atoms with van der Waals surface area (Å²) < 4.78 is 14.9. The predicted molar refractivity (Wildman–Crippen MR) is 65.3 cm³/mol. The smallest absolute Gasteiger partial charge is 0.141 e. The number of aromatic nitrogens is 2. The molecule has 1 aromatic carbocycles. The number of rotatable bonds is 1. The zero-order valence-corrected chi connectivity index (χ0v) is 9.84. The first-order chi connectivity index (χ1) is 8.25. The molecule has 0 atom stereocenters. The maximum atomic E-state index is 13.1. The Kier molecular flexibility index (Phi) is 2.52. The molecule has 0 spiro atoms. The molecule has 0 unspecified atom stereocenters. The van der Waals surface area contributed by atoms with Crippen LogP contribution in [0.3, 0.4) is 0 Å². The second kappa shape index (κ2) is 4.04. The maximum absolute atomic E-state index is 13.1. The minimum atomic E-state index is -0.408. The Balaban J connectivity index is 2.09. The molecule has 0 fully saturated rings. The van der Waals surface area contributed by atoms with Crippen molar-refractivity contribution in [3.05, 3.63) is 40.9 Å². The number of hydrogen-bond donors (Lipinski definition) is 1. The molecule has 3 rings (SSSR count). The first kappa shape index (κ1) is 10.6. The van der Waals surface area contributed by atoms with Crippen molar-refractivity contribution < 1.29 is 4.39 Å². The standard InChI is InChI=1S/C12H11ClFN3/c13-9-6-8(3-4-10(9)14)17-12-2-1-5-15-11(12)7-16-17/h3-4,6-7,15H,1-2,5H2. The van der Waals surface area contributed by atoms with E-state index in [0.717, 1.165) is 36.5 Å². The number of nitrogens with zero attached hydrogens (tertiary/aromatic N) is 2. The van der Waals surface area contributed by atoms with Gasteiger partial charge in [0.15, 0.2) is 0 Å². The Hall–Kier alpha value is -1.55. The van der Waals surface area contributed by atoms with Gasteiger partial charge >= 0.3 is 0 Å². The van der Waals surface area contributed by atoms with Crippen molar-refractivity contribution in [3.63, 3.8) is 0 Å². The number of fused-ring (bicyclic) bond motifs is 1. The van der Waals surface area contributed by atoms with Gasteiger partial charge in [-0.15, -0.1) is 0 Å². The van der Waals surface area contributed by atoms with Crippen LogP contribution in [0, 0.1) is 5.82 Å². The zero-order chi connectivity index (χ0) is 11.8. The lowest BCUT2D eigenvalue weighted by atomic mass is 10.1. The highest BCUT2D eigenvalue weighted by molar-refractivity contribution is 6.30. The summed E-state index contributed by atoms with van der Waals surface area (Å²) >= 11 is 5.78. The monoisotopic (exact) mass is 251 g/mol. The highest BCUT2D eigenvalue weighted by Gasteiger charge is 2.16. The van der Waals surface area contributed by atoms with Gasteiger partial charge in [-0.1, -0.05) is 11.6 Å². The summed E-state index contributed by atoms with van der Waals surface area (Å²) in [5.74, 6) is -0.408. The van der Waals surface area contributed by atoms with Gasteiger partial charge in [0.25, 0.3) is 0 Å². The van der Waals surface area contributed by atoms with E-state index < -0.39 is 5.82 Å². The fourth-order valence-corrected chi connectivity index (χ4v) is 2.25. The van der Waals surface area contributed by atoms with Crippen molar-refractivity contribution >= 4 is 17.3 Å². The van der Waals surface area contributed by atoms with E-state index in [1.807, 2.05) is 4.68 Å². The summed E-state index contributed by atoms with van der Waals surface area (Å²) in [4.78, 5) is 0. The van der Waals surface area contributed by atoms with Gasteiger partial charge in [0.05, 0.1) is 28.3 Å². The Morgan fingerprint density at radius 2 is 2.29 bits per heavy atom. The number of benzene rings is 1. The Morgan fingerprint density at radius 3 is 3.12 bits per heavy atom. The van der Waals surface area contributed by atoms with Gasteiger partial charge in [-0.3, -0.25) is 0 Å². The van der Waals surface area contributed by atoms with Crippen molar-refractivity contribution in [3.8, 4) is 5.69 Å². The van der Waals surface area contributed by atoms with E-state index >= 15 is 0 Å². The molecule has 2 aromatic rings. The van der Waals surface area contributed by atoms with Crippen molar-refractivity contribution in [2.24, 2.45) is 0 Å². The van der Waals surface area contributed by atoms with Crippen LogP contribution in [0.15, 0.2) is 24.4 Å². The van der Waals surface area contributed by atoms with Crippen molar-refractivity contribution in [1.29, 1.82) is 0 Å². The summed E-state index contributed by atoms with van der Waals surface area (Å²) in [5.41, 5.74) is 2.97. The summed E-state index contributed by atoms with van der Waals surface area (Å²) in [7, 11) is 0. The highest BCUT2D eigenvalue weighted by atomic mass is 35.5. The number of hydrogen-bond acceptors (Lipinski definition) is 2. The third-order valence-electron chi connectivity index (χ3n) is 2.92. The molecule has 3 nitrogen and oxygen atoms in total. The topological polar surface area (TPSA) is 29.9 Å². The quantitative estimate of drug-likeness (QED) is 0.844. The second-order valence-electron chi connectivity index (χ2n) is 4.05. The summed E-state index contributed by atoms with van der Waals surface area (Å²) in [6, 6.07) is 4.64. The van der Waals surface area contributed by atoms with E-state index in [0.29, 0.717) is 0 Å². The summed E-state index contributed by atoms with van der Waals surface area (Å²) in [6.45, 7) is 0.975. The van der Waals surface area contributed by atoms with Crippen LogP contribution in [-0.2, 0) is 6.42 Å². The first-order valence-corrected chi connectivity index (χ1v) is 5.90. The summed E-state index contributed by atoms with van der Waals surface area (Å²) in [6.07, 6.45) is 3.84. The fourth-order valence-electron chi connectivity index (χ4n) is 2.08. The van der Waals surface area contributed by atoms with E-state index in [1.54, 1.807) is 18.3 Å². The average molecular weight is 252 g/mol. The van der Waals surface area contributed by atoms with Gasteiger partial charge < -0.3 is 5.32 Å². The Morgan fingerprint density at radius 1 is 1.41 bits per heavy atom. The van der Waals surface area contributed by atoms with Gasteiger partial charge in [0.1, 0.15) is 5.82 Å². The molecule has 0 saturated carbocycles. The van der Waals surface area contributed by atoms with Crippen LogP contribution in [0.4, 0.5) is 10.1 Å². The molecule has 0 saturated heterocycles. The molecule has 0 radical (unpaired) electrons. The van der Waals surface area contributed by atoms with Gasteiger partial charge in [-0.25, -0.2) is 9.07 Å². The molecule has 1 aliphatic heterocycles. The van der Waals surface area contributed by atoms with E-state index in [2.05, 4.69) is 10.4 Å². The van der Waals surface area contributed by atoms with Crippen molar-refractivity contribution in [2.45, 2.75) is 12.8 Å². The normalized spacial score (nSPS) is 14.2. The molecule has 2 heterocycles. The lowest BCUT2D eigenvalue weighted by Gasteiger charge is -2.15. The lowest BCUT2D eigenvalue weighted by molar-refractivity contribution is 0.627. The molecular weight excluding hydrogens is 241 g/mol. The third-order valence-corrected chi connectivity index (χ3v) is 3.21. The van der Waals surface area contributed by atoms with Crippen LogP contribution in [0.5, 0.6) is 0 Å². The van der Waals surface area contributed by atoms with E-state index in [1.165, 1.54) is 6.07 Å². The first-order valence-electron chi connectivity index (χ1n) is 5.52. The molecule has 0 amide bonds. The van der Waals surface area contributed by atoms with Crippen LogP contribution in [0.1, 0.15) is 12.1 Å². The molecule has 0 aliphatic carbocycles. The van der Waals surface area contributed by atoms with E-state index in [9.17, 15) is 4.39 Å². The van der Waals surface area contributed by atoms with Crippen LogP contribution < -0.4 is 5.32 Å². The largest absolute Gasteiger partial charge is 0.382 e. The van der Waals surface area contributed by atoms with Gasteiger partial charge in [-0.05, 0) is 31.0 Å². The molecule has 17 heavy (non-hydrogen) atoms. The minimum absolute atomic E-state index is 0.121. The second-order valence-corrected chi connectivity index (χ2v) is 4.45. The molecule has 1 aromatic heterocycles. The van der Waals surface area contributed by atoms with Crippen LogP contribution in [0.2, 0.25) is 5.02 Å². The van der Waals surface area contributed by atoms with Gasteiger partial charge in [-0.2, -0.15) is 5.10 Å². The summed E-state index contributed by atoms with van der Waals surface area (Å²) in [5, 5.41) is 7.72. The van der Waals surface area contributed by atoms with Crippen molar-refractivity contribution in [2.75, 3.05) is 11.9 Å². The van der Waals surface area contributed by atoms with Crippen LogP contribution in [0.25, 0.3) is 5.69 Å². The van der Waals surface area contributed by atoms with Crippen LogP contribution >= 0.6 is 11.6 Å². The third kappa shape index (κ3) is 1.78. The Labute approximate surface area is 103 Å². The molecule has 1 aliphatic rings. The molecular formula is C12H11ClFN3. The molecule has 88 valence electrons. The van der Waals surface area contributed by atoms with Gasteiger partial charge in [0, 0.05) is 6.54 Å². The molecule has 0 bridgehead atoms. The Bertz CT molecular complexity index is 565. The number of nitrogens with one attached hydrogen (secondary N) is 1. The average Bonchev–Trinajstić information content (AvgIpc) is 2.76. The van der Waals surface area contributed by atoms with E-state index in [-0.39, 0.29) is 5.02 Å². The zero-order valence-electron chi connectivity index (χ0n) is 9.08. The molecule has 5 heteroatoms. The number of anilines is 1. The van der Waals surface area contributed by atoms with Crippen LogP contribution in [-0.4, -0.2) is 16.3 Å².